The number of imidazole rings is 1. The van der Waals surface area contributed by atoms with E-state index in [0.717, 1.165) is 0 Å². The summed E-state index contributed by atoms with van der Waals surface area (Å²) < 4.78 is 25.3. The fraction of sp³-hybridized carbons (Fsp3) is 0.533. The predicted octanol–water partition coefficient (Wildman–Crippen LogP) is 1.44. The van der Waals surface area contributed by atoms with Crippen molar-refractivity contribution in [3.63, 3.8) is 0 Å². The molecule has 0 saturated carbocycles. The Morgan fingerprint density at radius 1 is 1.39 bits per heavy atom. The van der Waals surface area contributed by atoms with Gasteiger partial charge in [0.05, 0.1) is 24.7 Å². The number of nitrogens with zero attached hydrogens (tertiary/aromatic N) is 5. The number of aliphatic carboxylic acids is 1. The van der Waals surface area contributed by atoms with Crippen LogP contribution in [0.4, 0.5) is 5.82 Å². The number of carboxylic acids is 1. The smallest absolute Gasteiger partial charge is 0.364 e. The van der Waals surface area contributed by atoms with E-state index < -0.39 is 25.6 Å². The van der Waals surface area contributed by atoms with Crippen molar-refractivity contribution in [2.24, 2.45) is 5.16 Å². The fourth-order valence-corrected chi connectivity index (χ4v) is 3.78. The summed E-state index contributed by atoms with van der Waals surface area (Å²) in [7, 11) is -3.69. The van der Waals surface area contributed by atoms with Gasteiger partial charge in [-0.15, -0.1) is 0 Å². The highest BCUT2D eigenvalue weighted by molar-refractivity contribution is 7.56. The van der Waals surface area contributed by atoms with Crippen LogP contribution in [0.2, 0.25) is 0 Å². The first-order valence-corrected chi connectivity index (χ1v) is 10.2. The lowest BCUT2D eigenvalue weighted by atomic mass is 10.4. The number of hydrogen-bond acceptors (Lipinski definition) is 9. The third kappa shape index (κ3) is 5.72. The van der Waals surface area contributed by atoms with Crippen molar-refractivity contribution in [1.82, 2.24) is 24.6 Å². The molecule has 0 aromatic carbocycles. The highest BCUT2D eigenvalue weighted by atomic mass is 31.2. The molecule has 0 spiro atoms. The molecule has 154 valence electrons. The molecule has 0 radical (unpaired) electrons. The van der Waals surface area contributed by atoms with E-state index in [9.17, 15) is 9.36 Å². The van der Waals surface area contributed by atoms with Crippen molar-refractivity contribution in [1.29, 1.82) is 0 Å². The van der Waals surface area contributed by atoms with Crippen molar-refractivity contribution in [3.05, 3.63) is 12.7 Å². The van der Waals surface area contributed by atoms with Crippen molar-refractivity contribution in [3.8, 4) is 0 Å². The van der Waals surface area contributed by atoms with E-state index in [2.05, 4.69) is 25.2 Å². The molecule has 13 heteroatoms. The lowest BCUT2D eigenvalue weighted by Crippen LogP contribution is -2.33. The van der Waals surface area contributed by atoms with E-state index in [1.54, 1.807) is 31.7 Å². The minimum atomic E-state index is -3.69. The number of aromatic nitrogens is 4. The molecule has 12 nitrogen and oxygen atoms in total. The Balaban J connectivity index is 2.06. The van der Waals surface area contributed by atoms with Crippen molar-refractivity contribution < 1.29 is 23.8 Å². The van der Waals surface area contributed by atoms with Crippen LogP contribution in [-0.4, -0.2) is 54.8 Å². The number of nitrogens with two attached hydrogens (primary N) is 1. The van der Waals surface area contributed by atoms with Crippen molar-refractivity contribution >= 4 is 36.2 Å². The molecule has 3 atom stereocenters. The Hall–Kier alpha value is -2.56. The molecule has 0 aliphatic heterocycles. The molecule has 0 unspecified atom stereocenters. The maximum atomic E-state index is 12.9. The second kappa shape index (κ2) is 9.09. The van der Waals surface area contributed by atoms with Gasteiger partial charge in [-0.25, -0.2) is 20.0 Å². The van der Waals surface area contributed by atoms with Gasteiger partial charge < -0.3 is 24.8 Å². The molecule has 2 rings (SSSR count). The van der Waals surface area contributed by atoms with E-state index >= 15 is 0 Å². The Morgan fingerprint density at radius 2 is 2.11 bits per heavy atom. The average Bonchev–Trinajstić information content (AvgIpc) is 3.03. The highest BCUT2D eigenvalue weighted by Gasteiger charge is 2.31. The number of hydrogen-bond donors (Lipinski definition) is 3. The number of carboxylic acid groups (broad SMARTS) is 1. The number of anilines is 1. The minimum Gasteiger partial charge on any atom is -0.480 e. The number of oxime groups is 1. The average molecular weight is 413 g/mol. The van der Waals surface area contributed by atoms with Crippen LogP contribution in [0.5, 0.6) is 0 Å². The zero-order valence-corrected chi connectivity index (χ0v) is 17.0. The Bertz CT molecular complexity index is 911. The number of rotatable bonds is 10. The number of nitrogen functional groups attached to an aromatic ring is 1. The minimum absolute atomic E-state index is 0.273. The monoisotopic (exact) mass is 413 g/mol. The molecule has 0 aliphatic rings. The van der Waals surface area contributed by atoms with Gasteiger partial charge in [0.2, 0.25) is 0 Å². The zero-order chi connectivity index (χ0) is 20.9. The predicted molar refractivity (Wildman–Crippen MR) is 103 cm³/mol. The summed E-state index contributed by atoms with van der Waals surface area (Å²) in [5.74, 6) is -0.897. The molecule has 0 bridgehead atoms. The SMILES string of the molecule is CC(C)=NO[P@](=O)(CO[C@H](C)Cn1cnc2c(N)ncnc21)N[C@@H](C)C(=O)O. The molecule has 0 fully saturated rings. The maximum Gasteiger partial charge on any atom is 0.364 e. The van der Waals surface area contributed by atoms with Gasteiger partial charge in [0.1, 0.15) is 24.2 Å². The van der Waals surface area contributed by atoms with Crippen LogP contribution in [0.3, 0.4) is 0 Å². The summed E-state index contributed by atoms with van der Waals surface area (Å²) in [5, 5.41) is 15.2. The third-order valence-corrected chi connectivity index (χ3v) is 5.14. The first kappa shape index (κ1) is 21.7. The summed E-state index contributed by atoms with van der Waals surface area (Å²) in [6, 6.07) is -1.10. The summed E-state index contributed by atoms with van der Waals surface area (Å²) in [5.41, 5.74) is 7.32. The van der Waals surface area contributed by atoms with Gasteiger partial charge in [0.25, 0.3) is 0 Å². The van der Waals surface area contributed by atoms with Crippen LogP contribution in [-0.2, 0) is 25.3 Å². The van der Waals surface area contributed by atoms with E-state index in [1.165, 1.54) is 13.3 Å². The van der Waals surface area contributed by atoms with Gasteiger partial charge in [-0.05, 0) is 27.7 Å². The third-order valence-electron chi connectivity index (χ3n) is 3.53. The molecule has 0 aliphatic carbocycles. The van der Waals surface area contributed by atoms with Crippen molar-refractivity contribution in [2.75, 3.05) is 12.1 Å². The van der Waals surface area contributed by atoms with Crippen molar-refractivity contribution in [2.45, 2.75) is 46.4 Å². The Kier molecular flexibility index (Phi) is 7.05. The van der Waals surface area contributed by atoms with Crippen LogP contribution < -0.4 is 10.8 Å². The number of fused-ring (bicyclic) bond motifs is 1. The molecule has 2 aromatic heterocycles. The molecule has 28 heavy (non-hydrogen) atoms. The quantitative estimate of drug-likeness (QED) is 0.294. The van der Waals surface area contributed by atoms with Gasteiger partial charge in [0.15, 0.2) is 11.5 Å². The number of nitrogens with one attached hydrogen (secondary N) is 1. The highest BCUT2D eigenvalue weighted by Crippen LogP contribution is 2.43. The second-order valence-corrected chi connectivity index (χ2v) is 8.44. The molecule has 0 amide bonds. The van der Waals surface area contributed by atoms with Crippen LogP contribution in [0.1, 0.15) is 27.7 Å². The van der Waals surface area contributed by atoms with Gasteiger partial charge in [-0.2, -0.15) is 0 Å². The van der Waals surface area contributed by atoms with E-state index in [0.29, 0.717) is 23.4 Å². The van der Waals surface area contributed by atoms with E-state index in [-0.39, 0.29) is 12.2 Å². The molecule has 2 aromatic rings. The van der Waals surface area contributed by atoms with Crippen LogP contribution in [0.15, 0.2) is 17.8 Å². The topological polar surface area (TPSA) is 167 Å². The largest absolute Gasteiger partial charge is 0.480 e. The van der Waals surface area contributed by atoms with Gasteiger partial charge >= 0.3 is 13.5 Å². The molecular weight excluding hydrogens is 389 g/mol. The van der Waals surface area contributed by atoms with E-state index in [1.807, 2.05) is 0 Å². The molecular formula is C15H24N7O5P. The second-order valence-electron chi connectivity index (χ2n) is 6.42. The zero-order valence-electron chi connectivity index (χ0n) is 16.1. The fourth-order valence-electron chi connectivity index (χ4n) is 2.17. The Labute approximate surface area is 161 Å². The summed E-state index contributed by atoms with van der Waals surface area (Å²) in [6.07, 6.45) is 2.11. The first-order valence-electron chi connectivity index (χ1n) is 8.44. The number of ether oxygens (including phenoxy) is 1. The summed E-state index contributed by atoms with van der Waals surface area (Å²) in [6.45, 7) is 6.78. The van der Waals surface area contributed by atoms with Gasteiger partial charge in [0, 0.05) is 0 Å². The molecule has 0 saturated heterocycles. The summed E-state index contributed by atoms with van der Waals surface area (Å²) in [4.78, 5) is 23.3. The first-order chi connectivity index (χ1) is 13.1. The van der Waals surface area contributed by atoms with Crippen LogP contribution in [0, 0.1) is 0 Å². The normalized spacial score (nSPS) is 15.6. The lowest BCUT2D eigenvalue weighted by Gasteiger charge is -2.22. The molecule has 4 N–H and O–H groups in total. The van der Waals surface area contributed by atoms with Gasteiger partial charge in [-0.3, -0.25) is 9.36 Å². The van der Waals surface area contributed by atoms with Crippen LogP contribution >= 0.6 is 7.52 Å². The summed E-state index contributed by atoms with van der Waals surface area (Å²) >= 11 is 0. The standard InChI is InChI=1S/C15H24N7O5P/c1-9(2)20-27-28(25,21-11(4)15(23)24)8-26-10(3)5-22-7-19-12-13(16)17-6-18-14(12)22/h6-7,10-11H,5,8H2,1-4H3,(H,21,25)(H,23,24)(H2,16,17,18)/t10-,11+,28-/m1/s1. The number of carbonyl (C=O) groups is 1. The van der Waals surface area contributed by atoms with E-state index in [4.69, 9.17) is 20.2 Å². The lowest BCUT2D eigenvalue weighted by molar-refractivity contribution is -0.138. The Morgan fingerprint density at radius 3 is 2.75 bits per heavy atom. The van der Waals surface area contributed by atoms with Crippen LogP contribution in [0.25, 0.3) is 11.2 Å². The molecule has 2 heterocycles. The maximum absolute atomic E-state index is 12.9. The van der Waals surface area contributed by atoms with Gasteiger partial charge in [-0.1, -0.05) is 5.16 Å².